The number of aliphatic hydroxyl groups excluding tert-OH is 1. The zero-order valence-corrected chi connectivity index (χ0v) is 8.23. The second-order valence-corrected chi connectivity index (χ2v) is 3.11. The van der Waals surface area contributed by atoms with Gasteiger partial charge in [0.25, 0.3) is 0 Å². The standard InChI is InChI=1S/C10H12F3NO/c1-2-14-5-10(15)6-3-8(12)9(13)4-7(6)11/h3-4,10,14-15H,2,5H2,1H3. The fourth-order valence-electron chi connectivity index (χ4n) is 1.18. The van der Waals surface area contributed by atoms with Gasteiger partial charge in [-0.1, -0.05) is 6.92 Å². The molecule has 0 saturated heterocycles. The quantitative estimate of drug-likeness (QED) is 0.756. The molecule has 1 aromatic rings. The van der Waals surface area contributed by atoms with Gasteiger partial charge in [0.2, 0.25) is 0 Å². The van der Waals surface area contributed by atoms with Crippen LogP contribution in [-0.4, -0.2) is 18.2 Å². The molecule has 0 radical (unpaired) electrons. The van der Waals surface area contributed by atoms with Crippen LogP contribution in [0, 0.1) is 17.5 Å². The van der Waals surface area contributed by atoms with Crippen molar-refractivity contribution < 1.29 is 18.3 Å². The Morgan fingerprint density at radius 3 is 2.40 bits per heavy atom. The van der Waals surface area contributed by atoms with Crippen molar-refractivity contribution in [3.63, 3.8) is 0 Å². The molecule has 1 atom stereocenters. The van der Waals surface area contributed by atoms with Gasteiger partial charge in [-0.3, -0.25) is 0 Å². The first kappa shape index (κ1) is 12.0. The Labute approximate surface area is 85.7 Å². The van der Waals surface area contributed by atoms with Crippen LogP contribution in [0.5, 0.6) is 0 Å². The average Bonchev–Trinajstić information content (AvgIpc) is 2.20. The lowest BCUT2D eigenvalue weighted by atomic mass is 10.1. The van der Waals surface area contributed by atoms with Gasteiger partial charge in [0.15, 0.2) is 11.6 Å². The lowest BCUT2D eigenvalue weighted by molar-refractivity contribution is 0.170. The second kappa shape index (κ2) is 5.14. The van der Waals surface area contributed by atoms with Crippen molar-refractivity contribution in [2.45, 2.75) is 13.0 Å². The van der Waals surface area contributed by atoms with Crippen molar-refractivity contribution in [1.82, 2.24) is 5.32 Å². The van der Waals surface area contributed by atoms with Crippen molar-refractivity contribution in [2.75, 3.05) is 13.1 Å². The molecule has 0 spiro atoms. The Hall–Kier alpha value is -1.07. The maximum atomic E-state index is 13.1. The number of nitrogens with one attached hydrogen (secondary N) is 1. The summed E-state index contributed by atoms with van der Waals surface area (Å²) in [5.41, 5.74) is -0.241. The molecule has 0 heterocycles. The first-order valence-corrected chi connectivity index (χ1v) is 4.59. The summed E-state index contributed by atoms with van der Waals surface area (Å²) in [6.45, 7) is 2.51. The summed E-state index contributed by atoms with van der Waals surface area (Å²) < 4.78 is 38.4. The fraction of sp³-hybridized carbons (Fsp3) is 0.400. The van der Waals surface area contributed by atoms with E-state index < -0.39 is 23.6 Å². The summed E-state index contributed by atoms with van der Waals surface area (Å²) in [7, 11) is 0. The first-order valence-electron chi connectivity index (χ1n) is 4.59. The van der Waals surface area contributed by atoms with E-state index >= 15 is 0 Å². The highest BCUT2D eigenvalue weighted by Crippen LogP contribution is 2.19. The van der Waals surface area contributed by atoms with E-state index in [-0.39, 0.29) is 12.1 Å². The van der Waals surface area contributed by atoms with E-state index in [1.165, 1.54) is 0 Å². The number of aliphatic hydroxyl groups is 1. The Kier molecular flexibility index (Phi) is 4.11. The maximum Gasteiger partial charge on any atom is 0.161 e. The molecule has 2 nitrogen and oxygen atoms in total. The molecule has 0 fully saturated rings. The van der Waals surface area contributed by atoms with Crippen molar-refractivity contribution in [3.8, 4) is 0 Å². The highest BCUT2D eigenvalue weighted by Gasteiger charge is 2.16. The van der Waals surface area contributed by atoms with Crippen molar-refractivity contribution >= 4 is 0 Å². The van der Waals surface area contributed by atoms with Gasteiger partial charge in [0.05, 0.1) is 6.10 Å². The Bertz CT molecular complexity index is 344. The SMILES string of the molecule is CCNCC(O)c1cc(F)c(F)cc1F. The van der Waals surface area contributed by atoms with Crippen LogP contribution < -0.4 is 5.32 Å². The molecule has 0 aliphatic heterocycles. The van der Waals surface area contributed by atoms with Crippen molar-refractivity contribution in [3.05, 3.63) is 35.1 Å². The summed E-state index contributed by atoms with van der Waals surface area (Å²) in [5, 5.41) is 12.2. The molecule has 0 aromatic heterocycles. The maximum absolute atomic E-state index is 13.1. The summed E-state index contributed by atoms with van der Waals surface area (Å²) in [6.07, 6.45) is -1.18. The van der Waals surface area contributed by atoms with E-state index in [9.17, 15) is 18.3 Å². The fourth-order valence-corrected chi connectivity index (χ4v) is 1.18. The number of rotatable bonds is 4. The summed E-state index contributed by atoms with van der Waals surface area (Å²) in [6, 6.07) is 1.10. The summed E-state index contributed by atoms with van der Waals surface area (Å²) in [5.74, 6) is -3.37. The molecular weight excluding hydrogens is 207 g/mol. The Morgan fingerprint density at radius 1 is 1.20 bits per heavy atom. The van der Waals surface area contributed by atoms with Gasteiger partial charge < -0.3 is 10.4 Å². The van der Waals surface area contributed by atoms with Crippen molar-refractivity contribution in [2.24, 2.45) is 0 Å². The highest BCUT2D eigenvalue weighted by atomic mass is 19.2. The van der Waals surface area contributed by atoms with Gasteiger partial charge in [-0.2, -0.15) is 0 Å². The van der Waals surface area contributed by atoms with E-state index in [4.69, 9.17) is 0 Å². The number of benzene rings is 1. The van der Waals surface area contributed by atoms with Crippen molar-refractivity contribution in [1.29, 1.82) is 0 Å². The molecule has 0 aliphatic carbocycles. The third kappa shape index (κ3) is 2.94. The lowest BCUT2D eigenvalue weighted by Gasteiger charge is -2.12. The molecule has 84 valence electrons. The molecule has 15 heavy (non-hydrogen) atoms. The van der Waals surface area contributed by atoms with Crippen LogP contribution in [0.2, 0.25) is 0 Å². The third-order valence-corrected chi connectivity index (χ3v) is 1.99. The van der Waals surface area contributed by atoms with Gasteiger partial charge in [-0.05, 0) is 12.6 Å². The minimum Gasteiger partial charge on any atom is -0.387 e. The monoisotopic (exact) mass is 219 g/mol. The lowest BCUT2D eigenvalue weighted by Crippen LogP contribution is -2.21. The van der Waals surface area contributed by atoms with Gasteiger partial charge in [0.1, 0.15) is 5.82 Å². The minimum absolute atomic E-state index is 0.0957. The second-order valence-electron chi connectivity index (χ2n) is 3.11. The van der Waals surface area contributed by atoms with Crippen LogP contribution in [0.15, 0.2) is 12.1 Å². The minimum atomic E-state index is -1.26. The third-order valence-electron chi connectivity index (χ3n) is 1.99. The van der Waals surface area contributed by atoms with Gasteiger partial charge in [0, 0.05) is 18.2 Å². The average molecular weight is 219 g/mol. The number of hydrogen-bond donors (Lipinski definition) is 2. The van der Waals surface area contributed by atoms with Crippen LogP contribution >= 0.6 is 0 Å². The predicted molar refractivity (Wildman–Crippen MR) is 49.8 cm³/mol. The molecule has 0 bridgehead atoms. The Morgan fingerprint density at radius 2 is 1.80 bits per heavy atom. The van der Waals surface area contributed by atoms with Gasteiger partial charge >= 0.3 is 0 Å². The molecule has 5 heteroatoms. The van der Waals surface area contributed by atoms with E-state index in [1.54, 1.807) is 0 Å². The van der Waals surface area contributed by atoms with E-state index in [2.05, 4.69) is 5.32 Å². The number of halogens is 3. The van der Waals surface area contributed by atoms with Crippen LogP contribution in [0.3, 0.4) is 0 Å². The Balaban J connectivity index is 2.88. The molecule has 0 saturated carbocycles. The topological polar surface area (TPSA) is 32.3 Å². The molecule has 2 N–H and O–H groups in total. The summed E-state index contributed by atoms with van der Waals surface area (Å²) >= 11 is 0. The molecule has 1 rings (SSSR count). The zero-order valence-electron chi connectivity index (χ0n) is 8.23. The van der Waals surface area contributed by atoms with E-state index in [0.717, 1.165) is 0 Å². The van der Waals surface area contributed by atoms with Crippen LogP contribution in [0.25, 0.3) is 0 Å². The van der Waals surface area contributed by atoms with Crippen LogP contribution in [0.1, 0.15) is 18.6 Å². The largest absolute Gasteiger partial charge is 0.387 e. The molecule has 1 unspecified atom stereocenters. The zero-order chi connectivity index (χ0) is 11.4. The highest BCUT2D eigenvalue weighted by molar-refractivity contribution is 5.22. The summed E-state index contributed by atoms with van der Waals surface area (Å²) in [4.78, 5) is 0. The van der Waals surface area contributed by atoms with Gasteiger partial charge in [-0.25, -0.2) is 13.2 Å². The molecule has 0 amide bonds. The number of likely N-dealkylation sites (N-methyl/N-ethyl adjacent to an activating group) is 1. The van der Waals surface area contributed by atoms with E-state index in [0.29, 0.717) is 18.7 Å². The van der Waals surface area contributed by atoms with Crippen LogP contribution in [0.4, 0.5) is 13.2 Å². The normalized spacial score (nSPS) is 12.9. The molecular formula is C10H12F3NO. The van der Waals surface area contributed by atoms with E-state index in [1.807, 2.05) is 6.92 Å². The first-order chi connectivity index (χ1) is 7.06. The predicted octanol–water partition coefficient (Wildman–Crippen LogP) is 1.75. The molecule has 0 aliphatic rings. The smallest absolute Gasteiger partial charge is 0.161 e. The number of hydrogen-bond acceptors (Lipinski definition) is 2. The molecule has 1 aromatic carbocycles. The van der Waals surface area contributed by atoms with Gasteiger partial charge in [-0.15, -0.1) is 0 Å². The van der Waals surface area contributed by atoms with Crippen LogP contribution in [-0.2, 0) is 0 Å².